The predicted molar refractivity (Wildman–Crippen MR) is 102 cm³/mol. The molecule has 28 heavy (non-hydrogen) atoms. The number of ether oxygens (including phenoxy) is 1. The summed E-state index contributed by atoms with van der Waals surface area (Å²) in [4.78, 5) is 20.4. The molecule has 4 rings (SSSR count). The third-order valence-electron chi connectivity index (χ3n) is 4.76. The van der Waals surface area contributed by atoms with E-state index in [1.165, 1.54) is 4.80 Å². The number of benzene rings is 1. The SMILES string of the molecule is Cn1nnc(-c2ccc(C(=O)N3CCCC(OCc4ccccn4)C3)cc2)n1. The van der Waals surface area contributed by atoms with Gasteiger partial charge in [-0.1, -0.05) is 18.2 Å². The van der Waals surface area contributed by atoms with E-state index >= 15 is 0 Å². The van der Waals surface area contributed by atoms with Crippen LogP contribution in [0.4, 0.5) is 0 Å². The average Bonchev–Trinajstić information content (AvgIpc) is 3.19. The van der Waals surface area contributed by atoms with Gasteiger partial charge in [0.1, 0.15) is 0 Å². The Balaban J connectivity index is 1.37. The van der Waals surface area contributed by atoms with Gasteiger partial charge in [-0.15, -0.1) is 10.2 Å². The van der Waals surface area contributed by atoms with Crippen molar-refractivity contribution < 1.29 is 9.53 Å². The van der Waals surface area contributed by atoms with Crippen LogP contribution in [-0.4, -0.2) is 55.2 Å². The van der Waals surface area contributed by atoms with Gasteiger partial charge in [0, 0.05) is 30.4 Å². The fraction of sp³-hybridized carbons (Fsp3) is 0.350. The molecular formula is C20H22N6O2. The van der Waals surface area contributed by atoms with Crippen LogP contribution in [0, 0.1) is 0 Å². The summed E-state index contributed by atoms with van der Waals surface area (Å²) in [6.07, 6.45) is 3.67. The lowest BCUT2D eigenvalue weighted by molar-refractivity contribution is -0.00785. The summed E-state index contributed by atoms with van der Waals surface area (Å²) < 4.78 is 5.98. The number of hydrogen-bond donors (Lipinski definition) is 0. The second-order valence-corrected chi connectivity index (χ2v) is 6.83. The maximum atomic E-state index is 12.9. The van der Waals surface area contributed by atoms with Gasteiger partial charge < -0.3 is 9.64 Å². The molecule has 1 aliphatic rings. The van der Waals surface area contributed by atoms with Crippen molar-refractivity contribution in [3.05, 3.63) is 59.9 Å². The summed E-state index contributed by atoms with van der Waals surface area (Å²) in [5.74, 6) is 0.562. The number of aromatic nitrogens is 5. The van der Waals surface area contributed by atoms with E-state index in [0.717, 1.165) is 30.6 Å². The standard InChI is InChI=1S/C20H22N6O2/c1-25-23-19(22-24-25)15-7-9-16(10-8-15)20(27)26-12-4-6-18(13-26)28-14-17-5-2-3-11-21-17/h2-3,5,7-11,18H,4,6,12-14H2,1H3. The van der Waals surface area contributed by atoms with E-state index in [1.807, 2.05) is 47.4 Å². The number of nitrogens with zero attached hydrogens (tertiary/aromatic N) is 6. The maximum absolute atomic E-state index is 12.9. The highest BCUT2D eigenvalue weighted by Gasteiger charge is 2.25. The number of aryl methyl sites for hydroxylation is 1. The second-order valence-electron chi connectivity index (χ2n) is 6.83. The van der Waals surface area contributed by atoms with Crippen molar-refractivity contribution >= 4 is 5.91 Å². The van der Waals surface area contributed by atoms with Crippen molar-refractivity contribution in [1.82, 2.24) is 30.1 Å². The first-order valence-electron chi connectivity index (χ1n) is 9.34. The molecule has 1 saturated heterocycles. The lowest BCUT2D eigenvalue weighted by Gasteiger charge is -2.32. The van der Waals surface area contributed by atoms with Crippen molar-refractivity contribution in [3.63, 3.8) is 0 Å². The first kappa shape index (κ1) is 18.2. The quantitative estimate of drug-likeness (QED) is 0.676. The second kappa shape index (κ2) is 8.26. The predicted octanol–water partition coefficient (Wildman–Crippen LogP) is 2.09. The number of amides is 1. The molecular weight excluding hydrogens is 356 g/mol. The first-order chi connectivity index (χ1) is 13.7. The molecule has 144 valence electrons. The van der Waals surface area contributed by atoms with Crippen LogP contribution in [0.25, 0.3) is 11.4 Å². The lowest BCUT2D eigenvalue weighted by Crippen LogP contribution is -2.43. The minimum Gasteiger partial charge on any atom is -0.370 e. The smallest absolute Gasteiger partial charge is 0.253 e. The molecule has 0 N–H and O–H groups in total. The van der Waals surface area contributed by atoms with Crippen molar-refractivity contribution in [2.75, 3.05) is 13.1 Å². The van der Waals surface area contributed by atoms with Crippen LogP contribution in [0.15, 0.2) is 48.7 Å². The molecule has 0 aliphatic carbocycles. The zero-order valence-electron chi connectivity index (χ0n) is 15.7. The van der Waals surface area contributed by atoms with Crippen molar-refractivity contribution in [2.45, 2.75) is 25.6 Å². The number of carbonyl (C=O) groups is 1. The zero-order valence-corrected chi connectivity index (χ0v) is 15.7. The molecule has 0 radical (unpaired) electrons. The topological polar surface area (TPSA) is 86.0 Å². The number of carbonyl (C=O) groups excluding carboxylic acids is 1. The van der Waals surface area contributed by atoms with Crippen LogP contribution >= 0.6 is 0 Å². The largest absolute Gasteiger partial charge is 0.370 e. The highest BCUT2D eigenvalue weighted by atomic mass is 16.5. The Morgan fingerprint density at radius 2 is 2.07 bits per heavy atom. The molecule has 1 unspecified atom stereocenters. The summed E-state index contributed by atoms with van der Waals surface area (Å²) in [5, 5.41) is 12.0. The highest BCUT2D eigenvalue weighted by molar-refractivity contribution is 5.94. The van der Waals surface area contributed by atoms with Crippen molar-refractivity contribution in [1.29, 1.82) is 0 Å². The molecule has 1 atom stereocenters. The molecule has 1 amide bonds. The van der Waals surface area contributed by atoms with Gasteiger partial charge >= 0.3 is 0 Å². The molecule has 0 bridgehead atoms. The van der Waals surface area contributed by atoms with Crippen LogP contribution in [-0.2, 0) is 18.4 Å². The minimum atomic E-state index is 0.0183. The number of likely N-dealkylation sites (tertiary alicyclic amines) is 1. The Morgan fingerprint density at radius 3 is 2.79 bits per heavy atom. The van der Waals surface area contributed by atoms with E-state index in [4.69, 9.17) is 4.74 Å². The third kappa shape index (κ3) is 4.23. The van der Waals surface area contributed by atoms with E-state index in [2.05, 4.69) is 20.4 Å². The Morgan fingerprint density at radius 1 is 1.21 bits per heavy atom. The van der Waals surface area contributed by atoms with Crippen LogP contribution < -0.4 is 0 Å². The maximum Gasteiger partial charge on any atom is 0.253 e. The molecule has 3 aromatic rings. The molecule has 2 aromatic heterocycles. The molecule has 1 fully saturated rings. The van der Waals surface area contributed by atoms with Crippen molar-refractivity contribution in [3.8, 4) is 11.4 Å². The van der Waals surface area contributed by atoms with Gasteiger partial charge in [-0.2, -0.15) is 4.80 Å². The molecule has 0 saturated carbocycles. The summed E-state index contributed by atoms with van der Waals surface area (Å²) in [6, 6.07) is 13.1. The van der Waals surface area contributed by atoms with E-state index in [-0.39, 0.29) is 12.0 Å². The van der Waals surface area contributed by atoms with E-state index < -0.39 is 0 Å². The van der Waals surface area contributed by atoms with Gasteiger partial charge in [0.05, 0.1) is 25.5 Å². The number of rotatable bonds is 5. The van der Waals surface area contributed by atoms with Gasteiger partial charge in [0.25, 0.3) is 5.91 Å². The van der Waals surface area contributed by atoms with Crippen LogP contribution in [0.2, 0.25) is 0 Å². The van der Waals surface area contributed by atoms with E-state index in [0.29, 0.717) is 24.5 Å². The molecule has 8 heteroatoms. The van der Waals surface area contributed by atoms with Crippen molar-refractivity contribution in [2.24, 2.45) is 7.05 Å². The fourth-order valence-corrected chi connectivity index (χ4v) is 3.29. The van der Waals surface area contributed by atoms with Crippen LogP contribution in [0.3, 0.4) is 0 Å². The molecule has 0 spiro atoms. The minimum absolute atomic E-state index is 0.0183. The number of hydrogen-bond acceptors (Lipinski definition) is 6. The van der Waals surface area contributed by atoms with Gasteiger partial charge in [0.15, 0.2) is 0 Å². The zero-order chi connectivity index (χ0) is 19.3. The number of piperidine rings is 1. The molecule has 8 nitrogen and oxygen atoms in total. The van der Waals surface area contributed by atoms with E-state index in [1.54, 1.807) is 13.2 Å². The van der Waals surface area contributed by atoms with Gasteiger partial charge in [-0.3, -0.25) is 9.78 Å². The van der Waals surface area contributed by atoms with Crippen LogP contribution in [0.1, 0.15) is 28.9 Å². The van der Waals surface area contributed by atoms with E-state index in [9.17, 15) is 4.79 Å². The monoisotopic (exact) mass is 378 g/mol. The Bertz CT molecular complexity index is 925. The summed E-state index contributed by atoms with van der Waals surface area (Å²) >= 11 is 0. The summed E-state index contributed by atoms with van der Waals surface area (Å²) in [7, 11) is 1.72. The fourth-order valence-electron chi connectivity index (χ4n) is 3.29. The Kier molecular flexibility index (Phi) is 5.38. The molecule has 1 aliphatic heterocycles. The van der Waals surface area contributed by atoms with Gasteiger partial charge in [-0.25, -0.2) is 0 Å². The van der Waals surface area contributed by atoms with Gasteiger partial charge in [0.2, 0.25) is 5.82 Å². The molecule has 3 heterocycles. The Labute approximate surface area is 163 Å². The highest BCUT2D eigenvalue weighted by Crippen LogP contribution is 2.19. The number of pyridine rings is 1. The number of tetrazole rings is 1. The summed E-state index contributed by atoms with van der Waals surface area (Å²) in [6.45, 7) is 1.81. The Hall–Kier alpha value is -3.13. The van der Waals surface area contributed by atoms with Crippen LogP contribution in [0.5, 0.6) is 0 Å². The van der Waals surface area contributed by atoms with Gasteiger partial charge in [-0.05, 0) is 42.3 Å². The lowest BCUT2D eigenvalue weighted by atomic mass is 10.1. The average molecular weight is 378 g/mol. The summed E-state index contributed by atoms with van der Waals surface area (Å²) in [5.41, 5.74) is 2.39. The normalized spacial score (nSPS) is 16.9. The third-order valence-corrected chi connectivity index (χ3v) is 4.76. The first-order valence-corrected chi connectivity index (χ1v) is 9.34. The molecule has 1 aromatic carbocycles.